The number of aromatic nitrogens is 1. The van der Waals surface area contributed by atoms with Crippen LogP contribution in [0.2, 0.25) is 0 Å². The van der Waals surface area contributed by atoms with Gasteiger partial charge in [-0.05, 0) is 31.4 Å². The van der Waals surface area contributed by atoms with Crippen LogP contribution in [0.4, 0.5) is 0 Å². The highest BCUT2D eigenvalue weighted by molar-refractivity contribution is 6.17. The maximum atomic E-state index is 12.5. The van der Waals surface area contributed by atoms with Crippen LogP contribution in [0.15, 0.2) is 17.3 Å². The summed E-state index contributed by atoms with van der Waals surface area (Å²) in [5.74, 6) is -0.155. The van der Waals surface area contributed by atoms with Crippen LogP contribution < -0.4 is 0 Å². The van der Waals surface area contributed by atoms with E-state index in [0.29, 0.717) is 17.1 Å². The molecule has 118 valence electrons. The number of nitrogens with zero attached hydrogens (tertiary/aromatic N) is 3. The fraction of sp³-hybridized carbons (Fsp3) is 0.500. The summed E-state index contributed by atoms with van der Waals surface area (Å²) in [5, 5.41) is 0. The van der Waals surface area contributed by atoms with Crippen LogP contribution in [-0.2, 0) is 9.53 Å². The highest BCUT2D eigenvalue weighted by Crippen LogP contribution is 2.31. The Morgan fingerprint density at radius 1 is 1.41 bits per heavy atom. The number of aliphatic imine (C=N–C) groups is 1. The highest BCUT2D eigenvalue weighted by atomic mass is 16.5. The summed E-state index contributed by atoms with van der Waals surface area (Å²) in [5.41, 5.74) is 0.680. The molecule has 0 saturated carbocycles. The topological polar surface area (TPSA) is 71.9 Å². The van der Waals surface area contributed by atoms with Gasteiger partial charge in [0.2, 0.25) is 0 Å². The van der Waals surface area contributed by atoms with Gasteiger partial charge in [-0.2, -0.15) is 0 Å². The fourth-order valence-electron chi connectivity index (χ4n) is 2.38. The summed E-state index contributed by atoms with van der Waals surface area (Å²) in [6, 6.07) is 1.69. The Bertz CT molecular complexity index is 667. The number of carbonyl (C=O) groups is 2. The zero-order chi connectivity index (χ0) is 16.7. The Hall–Kier alpha value is -2.24. The SMILES string of the molecule is COC(=O)c1cc(C)cnc1C1=NC(C)(C(C)C)C(=O)N1C. The zero-order valence-electron chi connectivity index (χ0n) is 13.8. The van der Waals surface area contributed by atoms with Crippen molar-refractivity contribution in [1.82, 2.24) is 9.88 Å². The number of amides is 1. The van der Waals surface area contributed by atoms with Crippen molar-refractivity contribution < 1.29 is 14.3 Å². The number of ether oxygens (including phenoxy) is 1. The predicted molar refractivity (Wildman–Crippen MR) is 82.9 cm³/mol. The molecule has 1 unspecified atom stereocenters. The summed E-state index contributed by atoms with van der Waals surface area (Å²) in [7, 11) is 2.97. The number of methoxy groups -OCH3 is 1. The molecule has 22 heavy (non-hydrogen) atoms. The number of hydrogen-bond donors (Lipinski definition) is 0. The molecule has 0 saturated heterocycles. The van der Waals surface area contributed by atoms with Gasteiger partial charge in [-0.25, -0.2) is 9.79 Å². The molecule has 0 aliphatic carbocycles. The lowest BCUT2D eigenvalue weighted by molar-refractivity contribution is -0.131. The first-order chi connectivity index (χ1) is 10.2. The van der Waals surface area contributed by atoms with Crippen LogP contribution in [-0.4, -0.2) is 47.3 Å². The van der Waals surface area contributed by atoms with E-state index in [4.69, 9.17) is 4.74 Å². The standard InChI is InChI=1S/C16H21N3O3/c1-9(2)16(4)15(21)19(5)13(18-16)12-11(14(20)22-6)7-10(3)8-17-12/h7-9H,1-6H3. The van der Waals surface area contributed by atoms with Gasteiger partial charge < -0.3 is 4.74 Å². The molecule has 6 nitrogen and oxygen atoms in total. The van der Waals surface area contributed by atoms with Gasteiger partial charge in [0.25, 0.3) is 5.91 Å². The van der Waals surface area contributed by atoms with Crippen LogP contribution in [0.1, 0.15) is 42.4 Å². The van der Waals surface area contributed by atoms with E-state index in [-0.39, 0.29) is 11.8 Å². The van der Waals surface area contributed by atoms with Crippen molar-refractivity contribution >= 4 is 17.7 Å². The molecule has 0 radical (unpaired) electrons. The quantitative estimate of drug-likeness (QED) is 0.798. The minimum Gasteiger partial charge on any atom is -0.465 e. The normalized spacial score (nSPS) is 21.3. The maximum absolute atomic E-state index is 12.5. The van der Waals surface area contributed by atoms with Gasteiger partial charge in [-0.15, -0.1) is 0 Å². The third kappa shape index (κ3) is 2.38. The number of hydrogen-bond acceptors (Lipinski definition) is 5. The van der Waals surface area contributed by atoms with Gasteiger partial charge in [0.15, 0.2) is 5.84 Å². The Morgan fingerprint density at radius 2 is 2.05 bits per heavy atom. The molecule has 1 atom stereocenters. The first-order valence-corrected chi connectivity index (χ1v) is 7.15. The van der Waals surface area contributed by atoms with Crippen molar-refractivity contribution in [1.29, 1.82) is 0 Å². The third-order valence-electron chi connectivity index (χ3n) is 4.16. The molecular formula is C16H21N3O3. The summed E-state index contributed by atoms with van der Waals surface area (Å²) in [6.07, 6.45) is 1.65. The van der Waals surface area contributed by atoms with Crippen molar-refractivity contribution in [2.45, 2.75) is 33.2 Å². The first kappa shape index (κ1) is 16.1. The lowest BCUT2D eigenvalue weighted by atomic mass is 9.89. The van der Waals surface area contributed by atoms with Crippen LogP contribution in [0.5, 0.6) is 0 Å². The van der Waals surface area contributed by atoms with Gasteiger partial charge in [0.05, 0.1) is 12.7 Å². The zero-order valence-corrected chi connectivity index (χ0v) is 13.8. The minimum absolute atomic E-state index is 0.0342. The van der Waals surface area contributed by atoms with Gasteiger partial charge in [0.1, 0.15) is 11.2 Å². The third-order valence-corrected chi connectivity index (χ3v) is 4.16. The van der Waals surface area contributed by atoms with Gasteiger partial charge in [-0.1, -0.05) is 13.8 Å². The molecule has 1 aromatic rings. The highest BCUT2D eigenvalue weighted by Gasteiger charge is 2.46. The van der Waals surface area contributed by atoms with Crippen LogP contribution in [0, 0.1) is 12.8 Å². The molecule has 0 bridgehead atoms. The second-order valence-corrected chi connectivity index (χ2v) is 6.00. The van der Waals surface area contributed by atoms with E-state index in [1.807, 2.05) is 20.8 Å². The Kier molecular flexibility index (Phi) is 4.04. The summed E-state index contributed by atoms with van der Waals surface area (Å²) in [4.78, 5) is 34.9. The molecule has 0 aromatic carbocycles. The molecule has 0 N–H and O–H groups in total. The van der Waals surface area contributed by atoms with Crippen LogP contribution >= 0.6 is 0 Å². The minimum atomic E-state index is -0.843. The number of aryl methyl sites for hydroxylation is 1. The average Bonchev–Trinajstić information content (AvgIpc) is 2.72. The molecule has 2 rings (SSSR count). The van der Waals surface area contributed by atoms with E-state index >= 15 is 0 Å². The number of esters is 1. The number of likely N-dealkylation sites (N-methyl/N-ethyl adjacent to an activating group) is 1. The van der Waals surface area contributed by atoms with Gasteiger partial charge >= 0.3 is 5.97 Å². The molecular weight excluding hydrogens is 282 g/mol. The molecule has 1 aromatic heterocycles. The van der Waals surface area contributed by atoms with Crippen molar-refractivity contribution in [2.24, 2.45) is 10.9 Å². The van der Waals surface area contributed by atoms with E-state index in [9.17, 15) is 9.59 Å². The number of pyridine rings is 1. The Labute approximate surface area is 130 Å². The molecule has 0 spiro atoms. The largest absolute Gasteiger partial charge is 0.465 e. The Morgan fingerprint density at radius 3 is 2.55 bits per heavy atom. The number of amidine groups is 1. The molecule has 2 heterocycles. The molecule has 0 fully saturated rings. The second kappa shape index (κ2) is 5.51. The van der Waals surface area contributed by atoms with E-state index in [2.05, 4.69) is 9.98 Å². The number of rotatable bonds is 3. The van der Waals surface area contributed by atoms with Crippen molar-refractivity contribution in [3.63, 3.8) is 0 Å². The van der Waals surface area contributed by atoms with Gasteiger partial charge in [0, 0.05) is 13.2 Å². The average molecular weight is 303 g/mol. The summed E-state index contributed by atoms with van der Waals surface area (Å²) >= 11 is 0. The van der Waals surface area contributed by atoms with Crippen LogP contribution in [0.25, 0.3) is 0 Å². The fourth-order valence-corrected chi connectivity index (χ4v) is 2.38. The maximum Gasteiger partial charge on any atom is 0.340 e. The number of carbonyl (C=O) groups excluding carboxylic acids is 2. The predicted octanol–water partition coefficient (Wildman–Crippen LogP) is 1.81. The first-order valence-electron chi connectivity index (χ1n) is 7.15. The molecule has 6 heteroatoms. The molecule has 1 amide bonds. The molecule has 1 aliphatic rings. The van der Waals surface area contributed by atoms with Gasteiger partial charge in [-0.3, -0.25) is 14.7 Å². The summed E-state index contributed by atoms with van der Waals surface area (Å²) < 4.78 is 4.82. The Balaban J connectivity index is 2.62. The van der Waals surface area contributed by atoms with Crippen molar-refractivity contribution in [2.75, 3.05) is 14.2 Å². The van der Waals surface area contributed by atoms with E-state index in [1.54, 1.807) is 26.2 Å². The summed E-state index contributed by atoms with van der Waals surface area (Å²) in [6.45, 7) is 7.53. The van der Waals surface area contributed by atoms with E-state index in [0.717, 1.165) is 5.56 Å². The second-order valence-electron chi connectivity index (χ2n) is 6.00. The lowest BCUT2D eigenvalue weighted by Crippen LogP contribution is -2.42. The smallest absolute Gasteiger partial charge is 0.340 e. The monoisotopic (exact) mass is 303 g/mol. The lowest BCUT2D eigenvalue weighted by Gasteiger charge is -2.23. The van der Waals surface area contributed by atoms with E-state index < -0.39 is 11.5 Å². The van der Waals surface area contributed by atoms with Crippen molar-refractivity contribution in [3.8, 4) is 0 Å². The van der Waals surface area contributed by atoms with Crippen molar-refractivity contribution in [3.05, 3.63) is 29.1 Å². The molecule has 1 aliphatic heterocycles. The van der Waals surface area contributed by atoms with E-state index in [1.165, 1.54) is 12.0 Å². The van der Waals surface area contributed by atoms with Crippen LogP contribution in [0.3, 0.4) is 0 Å².